The quantitative estimate of drug-likeness (QED) is 0.615. The van der Waals surface area contributed by atoms with Crippen molar-refractivity contribution in [2.24, 2.45) is 0 Å². The molecule has 0 aliphatic heterocycles. The first-order valence-electron chi connectivity index (χ1n) is 8.88. The Hall–Kier alpha value is -3.67. The minimum Gasteiger partial charge on any atom is -0.465 e. The van der Waals surface area contributed by atoms with Gasteiger partial charge in [-0.3, -0.25) is 9.78 Å². The zero-order chi connectivity index (χ0) is 19.8. The molecule has 3 rings (SSSR count). The topological polar surface area (TPSA) is 80.3 Å². The van der Waals surface area contributed by atoms with Gasteiger partial charge in [-0.05, 0) is 36.2 Å². The molecule has 1 amide bonds. The molecule has 0 atom stereocenters. The van der Waals surface area contributed by atoms with E-state index in [2.05, 4.69) is 27.8 Å². The Morgan fingerprint density at radius 2 is 1.71 bits per heavy atom. The highest BCUT2D eigenvalue weighted by atomic mass is 16.5. The summed E-state index contributed by atoms with van der Waals surface area (Å²) in [6.07, 6.45) is 4.05. The third-order valence-corrected chi connectivity index (χ3v) is 4.13. The zero-order valence-electron chi connectivity index (χ0n) is 15.5. The van der Waals surface area contributed by atoms with Gasteiger partial charge in [0.2, 0.25) is 0 Å². The van der Waals surface area contributed by atoms with Crippen LogP contribution in [0.5, 0.6) is 0 Å². The smallest absolute Gasteiger partial charge is 0.337 e. The molecule has 6 nitrogen and oxygen atoms in total. The molecule has 0 saturated heterocycles. The second kappa shape index (κ2) is 9.32. The van der Waals surface area contributed by atoms with Crippen LogP contribution in [-0.2, 0) is 11.2 Å². The first kappa shape index (κ1) is 19.1. The average molecular weight is 375 g/mol. The number of carbonyl (C=O) groups excluding carboxylic acids is 2. The molecule has 0 saturated carbocycles. The van der Waals surface area contributed by atoms with Crippen molar-refractivity contribution in [2.45, 2.75) is 6.42 Å². The Balaban J connectivity index is 1.61. The van der Waals surface area contributed by atoms with E-state index in [0.717, 1.165) is 18.7 Å². The van der Waals surface area contributed by atoms with Gasteiger partial charge in [-0.15, -0.1) is 0 Å². The maximum Gasteiger partial charge on any atom is 0.337 e. The maximum atomic E-state index is 12.5. The van der Waals surface area contributed by atoms with E-state index in [9.17, 15) is 9.59 Å². The number of pyridine rings is 1. The van der Waals surface area contributed by atoms with Gasteiger partial charge in [0.25, 0.3) is 5.91 Å². The normalized spacial score (nSPS) is 10.2. The van der Waals surface area contributed by atoms with Gasteiger partial charge in [-0.25, -0.2) is 4.79 Å². The van der Waals surface area contributed by atoms with Crippen LogP contribution in [-0.4, -0.2) is 30.5 Å². The molecule has 0 radical (unpaired) electrons. The summed E-state index contributed by atoms with van der Waals surface area (Å²) in [6, 6.07) is 18.5. The van der Waals surface area contributed by atoms with Crippen molar-refractivity contribution in [3.63, 3.8) is 0 Å². The second-order valence-electron chi connectivity index (χ2n) is 6.15. The van der Waals surface area contributed by atoms with Crippen molar-refractivity contribution in [1.82, 2.24) is 4.98 Å². The number of esters is 1. The van der Waals surface area contributed by atoms with Crippen LogP contribution < -0.4 is 10.6 Å². The molecular formula is C22H21N3O3. The van der Waals surface area contributed by atoms with Gasteiger partial charge in [0.1, 0.15) is 0 Å². The lowest BCUT2D eigenvalue weighted by atomic mass is 10.1. The lowest BCUT2D eigenvalue weighted by Crippen LogP contribution is -2.14. The third-order valence-electron chi connectivity index (χ3n) is 4.13. The lowest BCUT2D eigenvalue weighted by molar-refractivity contribution is 0.0600. The average Bonchev–Trinajstić information content (AvgIpc) is 2.74. The minimum absolute atomic E-state index is 0.304. The van der Waals surface area contributed by atoms with E-state index >= 15 is 0 Å². The number of anilines is 2. The SMILES string of the molecule is COC(=O)c1cccc(NC(=O)c2cncc(NCCc3ccccc3)c2)c1. The second-order valence-corrected chi connectivity index (χ2v) is 6.15. The number of aromatic nitrogens is 1. The molecule has 0 aliphatic carbocycles. The Morgan fingerprint density at radius 3 is 2.50 bits per heavy atom. The fourth-order valence-corrected chi connectivity index (χ4v) is 2.70. The number of benzene rings is 2. The Bertz CT molecular complexity index is 958. The summed E-state index contributed by atoms with van der Waals surface area (Å²) in [5.41, 5.74) is 3.31. The Labute approximate surface area is 163 Å². The summed E-state index contributed by atoms with van der Waals surface area (Å²) in [5.74, 6) is -0.761. The molecule has 6 heteroatoms. The number of hydrogen-bond acceptors (Lipinski definition) is 5. The Kier molecular flexibility index (Phi) is 6.36. The van der Waals surface area contributed by atoms with Gasteiger partial charge in [-0.1, -0.05) is 36.4 Å². The largest absolute Gasteiger partial charge is 0.465 e. The number of rotatable bonds is 7. The molecule has 3 aromatic rings. The molecular weight excluding hydrogens is 354 g/mol. The molecule has 28 heavy (non-hydrogen) atoms. The summed E-state index contributed by atoms with van der Waals surface area (Å²) in [6.45, 7) is 0.734. The summed E-state index contributed by atoms with van der Waals surface area (Å²) in [4.78, 5) is 28.3. The molecule has 1 aromatic heterocycles. The molecule has 0 spiro atoms. The number of hydrogen-bond donors (Lipinski definition) is 2. The first-order chi connectivity index (χ1) is 13.7. The van der Waals surface area contributed by atoms with Crippen molar-refractivity contribution >= 4 is 23.3 Å². The van der Waals surface area contributed by atoms with Gasteiger partial charge in [-0.2, -0.15) is 0 Å². The summed E-state index contributed by atoms with van der Waals surface area (Å²) in [5, 5.41) is 6.05. The van der Waals surface area contributed by atoms with Crippen LogP contribution in [0, 0.1) is 0 Å². The van der Waals surface area contributed by atoms with Gasteiger partial charge in [0.15, 0.2) is 0 Å². The zero-order valence-corrected chi connectivity index (χ0v) is 15.5. The van der Waals surface area contributed by atoms with Crippen LogP contribution in [0.4, 0.5) is 11.4 Å². The van der Waals surface area contributed by atoms with E-state index in [-0.39, 0.29) is 5.91 Å². The standard InChI is InChI=1S/C22H21N3O3/c1-28-22(27)17-8-5-9-19(12-17)25-21(26)18-13-20(15-23-14-18)24-11-10-16-6-3-2-4-7-16/h2-9,12-15,24H,10-11H2,1H3,(H,25,26). The van der Waals surface area contributed by atoms with E-state index in [4.69, 9.17) is 4.74 Å². The maximum absolute atomic E-state index is 12.5. The molecule has 2 aromatic carbocycles. The number of ether oxygens (including phenoxy) is 1. The van der Waals surface area contributed by atoms with Crippen LogP contribution in [0.1, 0.15) is 26.3 Å². The van der Waals surface area contributed by atoms with Crippen molar-refractivity contribution in [3.05, 3.63) is 89.7 Å². The van der Waals surface area contributed by atoms with E-state index in [1.165, 1.54) is 18.9 Å². The van der Waals surface area contributed by atoms with Gasteiger partial charge in [0.05, 0.1) is 23.9 Å². The number of methoxy groups -OCH3 is 1. The highest BCUT2D eigenvalue weighted by molar-refractivity contribution is 6.05. The highest BCUT2D eigenvalue weighted by Crippen LogP contribution is 2.15. The van der Waals surface area contributed by atoms with Crippen molar-refractivity contribution < 1.29 is 14.3 Å². The van der Waals surface area contributed by atoms with Crippen LogP contribution in [0.25, 0.3) is 0 Å². The Morgan fingerprint density at radius 1 is 0.929 bits per heavy atom. The fraction of sp³-hybridized carbons (Fsp3) is 0.136. The molecule has 0 bridgehead atoms. The molecule has 1 heterocycles. The first-order valence-corrected chi connectivity index (χ1v) is 8.88. The van der Waals surface area contributed by atoms with Crippen LogP contribution in [0.3, 0.4) is 0 Å². The van der Waals surface area contributed by atoms with Crippen molar-refractivity contribution in [1.29, 1.82) is 0 Å². The van der Waals surface area contributed by atoms with Crippen LogP contribution in [0.15, 0.2) is 73.1 Å². The minimum atomic E-state index is -0.456. The van der Waals surface area contributed by atoms with E-state index in [0.29, 0.717) is 16.8 Å². The van der Waals surface area contributed by atoms with E-state index in [1.54, 1.807) is 36.5 Å². The number of carbonyl (C=O) groups is 2. The molecule has 0 fully saturated rings. The van der Waals surface area contributed by atoms with Crippen LogP contribution in [0.2, 0.25) is 0 Å². The third kappa shape index (κ3) is 5.17. The van der Waals surface area contributed by atoms with E-state index < -0.39 is 5.97 Å². The summed E-state index contributed by atoms with van der Waals surface area (Å²) >= 11 is 0. The van der Waals surface area contributed by atoms with Gasteiger partial charge < -0.3 is 15.4 Å². The summed E-state index contributed by atoms with van der Waals surface area (Å²) in [7, 11) is 1.32. The van der Waals surface area contributed by atoms with E-state index in [1.807, 2.05) is 18.2 Å². The molecule has 0 aliphatic rings. The number of nitrogens with zero attached hydrogens (tertiary/aromatic N) is 1. The molecule has 2 N–H and O–H groups in total. The molecule has 0 unspecified atom stereocenters. The van der Waals surface area contributed by atoms with Gasteiger partial charge >= 0.3 is 5.97 Å². The molecule has 142 valence electrons. The van der Waals surface area contributed by atoms with Crippen molar-refractivity contribution in [3.8, 4) is 0 Å². The predicted octanol–water partition coefficient (Wildman–Crippen LogP) is 3.78. The fourth-order valence-electron chi connectivity index (χ4n) is 2.70. The van der Waals surface area contributed by atoms with Crippen molar-refractivity contribution in [2.75, 3.05) is 24.3 Å². The lowest BCUT2D eigenvalue weighted by Gasteiger charge is -2.09. The van der Waals surface area contributed by atoms with Crippen LogP contribution >= 0.6 is 0 Å². The predicted molar refractivity (Wildman–Crippen MR) is 109 cm³/mol. The monoisotopic (exact) mass is 375 g/mol. The number of amides is 1. The number of nitrogens with one attached hydrogen (secondary N) is 2. The highest BCUT2D eigenvalue weighted by Gasteiger charge is 2.10. The summed E-state index contributed by atoms with van der Waals surface area (Å²) < 4.78 is 4.70. The van der Waals surface area contributed by atoms with Gasteiger partial charge in [0, 0.05) is 24.6 Å².